The van der Waals surface area contributed by atoms with Crippen molar-refractivity contribution in [1.29, 1.82) is 0 Å². The SMILES string of the molecule is COC(CNCc1ccc(SC(F)(F)F)cc1)OC. The predicted molar refractivity (Wildman–Crippen MR) is 67.9 cm³/mol. The molecule has 0 bridgehead atoms. The van der Waals surface area contributed by atoms with Crippen LogP contribution in [0.25, 0.3) is 0 Å². The van der Waals surface area contributed by atoms with Gasteiger partial charge in [0.1, 0.15) is 0 Å². The molecule has 0 amide bonds. The summed E-state index contributed by atoms with van der Waals surface area (Å²) < 4.78 is 46.4. The zero-order valence-corrected chi connectivity index (χ0v) is 11.5. The van der Waals surface area contributed by atoms with Crippen molar-refractivity contribution in [3.63, 3.8) is 0 Å². The average Bonchev–Trinajstić information content (AvgIpc) is 2.35. The van der Waals surface area contributed by atoms with Gasteiger partial charge < -0.3 is 14.8 Å². The summed E-state index contributed by atoms with van der Waals surface area (Å²) in [6.45, 7) is 1.05. The molecule has 0 spiro atoms. The molecule has 1 aromatic carbocycles. The molecule has 1 aromatic rings. The fourth-order valence-electron chi connectivity index (χ4n) is 1.41. The number of hydrogen-bond acceptors (Lipinski definition) is 4. The molecular formula is C12H16F3NO2S. The molecule has 0 fully saturated rings. The summed E-state index contributed by atoms with van der Waals surface area (Å²) in [6.07, 6.45) is -0.333. The highest BCUT2D eigenvalue weighted by molar-refractivity contribution is 8.00. The minimum Gasteiger partial charge on any atom is -0.355 e. The third-order valence-corrected chi connectivity index (χ3v) is 3.06. The quantitative estimate of drug-likeness (QED) is 0.619. The van der Waals surface area contributed by atoms with Gasteiger partial charge >= 0.3 is 5.51 Å². The lowest BCUT2D eigenvalue weighted by Gasteiger charge is -2.14. The highest BCUT2D eigenvalue weighted by atomic mass is 32.2. The zero-order valence-electron chi connectivity index (χ0n) is 10.7. The van der Waals surface area contributed by atoms with E-state index in [-0.39, 0.29) is 22.9 Å². The van der Waals surface area contributed by atoms with Crippen molar-refractivity contribution in [1.82, 2.24) is 5.32 Å². The minimum absolute atomic E-state index is 0.115. The van der Waals surface area contributed by atoms with Crippen LogP contribution in [0.15, 0.2) is 29.2 Å². The van der Waals surface area contributed by atoms with E-state index in [1.807, 2.05) is 0 Å². The monoisotopic (exact) mass is 295 g/mol. The van der Waals surface area contributed by atoms with Gasteiger partial charge in [-0.25, -0.2) is 0 Å². The molecule has 1 N–H and O–H groups in total. The van der Waals surface area contributed by atoms with Crippen molar-refractivity contribution in [3.8, 4) is 0 Å². The second-order valence-electron chi connectivity index (χ2n) is 3.72. The highest BCUT2D eigenvalue weighted by Crippen LogP contribution is 2.36. The number of thioether (sulfide) groups is 1. The van der Waals surface area contributed by atoms with Crippen LogP contribution < -0.4 is 5.32 Å². The average molecular weight is 295 g/mol. The summed E-state index contributed by atoms with van der Waals surface area (Å²) in [5.41, 5.74) is -3.35. The second kappa shape index (κ2) is 7.74. The molecule has 0 radical (unpaired) electrons. The van der Waals surface area contributed by atoms with Gasteiger partial charge in [-0.1, -0.05) is 12.1 Å². The van der Waals surface area contributed by atoms with Crippen LogP contribution in [0.2, 0.25) is 0 Å². The number of methoxy groups -OCH3 is 2. The minimum atomic E-state index is -4.25. The van der Waals surface area contributed by atoms with Crippen molar-refractivity contribution in [2.24, 2.45) is 0 Å². The van der Waals surface area contributed by atoms with Gasteiger partial charge in [0.15, 0.2) is 6.29 Å². The Morgan fingerprint density at radius 3 is 2.21 bits per heavy atom. The lowest BCUT2D eigenvalue weighted by Crippen LogP contribution is -2.29. The lowest BCUT2D eigenvalue weighted by atomic mass is 10.2. The third kappa shape index (κ3) is 6.81. The van der Waals surface area contributed by atoms with E-state index >= 15 is 0 Å². The number of halogens is 3. The van der Waals surface area contributed by atoms with Gasteiger partial charge in [-0.2, -0.15) is 13.2 Å². The molecule has 0 aromatic heterocycles. The standard InChI is InChI=1S/C12H16F3NO2S/c1-17-11(18-2)8-16-7-9-3-5-10(6-4-9)19-12(13,14)15/h3-6,11,16H,7-8H2,1-2H3. The molecule has 0 unspecified atom stereocenters. The number of rotatable bonds is 7. The Balaban J connectivity index is 2.40. The van der Waals surface area contributed by atoms with Crippen molar-refractivity contribution in [2.75, 3.05) is 20.8 Å². The summed E-state index contributed by atoms with van der Waals surface area (Å²) in [6, 6.07) is 6.24. The van der Waals surface area contributed by atoms with Crippen LogP contribution in [0, 0.1) is 0 Å². The van der Waals surface area contributed by atoms with Crippen LogP contribution in [0.1, 0.15) is 5.56 Å². The van der Waals surface area contributed by atoms with Crippen LogP contribution in [-0.4, -0.2) is 32.6 Å². The number of nitrogens with one attached hydrogen (secondary N) is 1. The maximum atomic E-state index is 12.1. The van der Waals surface area contributed by atoms with E-state index in [1.165, 1.54) is 12.1 Å². The van der Waals surface area contributed by atoms with Gasteiger partial charge in [0.25, 0.3) is 0 Å². The molecule has 0 aliphatic rings. The smallest absolute Gasteiger partial charge is 0.355 e. The van der Waals surface area contributed by atoms with Gasteiger partial charge in [0.05, 0.1) is 0 Å². The summed E-state index contributed by atoms with van der Waals surface area (Å²) in [5.74, 6) is 0. The topological polar surface area (TPSA) is 30.5 Å². The van der Waals surface area contributed by atoms with Crippen LogP contribution in [0.3, 0.4) is 0 Å². The van der Waals surface area contributed by atoms with Crippen LogP contribution in [0.4, 0.5) is 13.2 Å². The van der Waals surface area contributed by atoms with Gasteiger partial charge in [0, 0.05) is 32.2 Å². The van der Waals surface area contributed by atoms with E-state index in [4.69, 9.17) is 9.47 Å². The first-order chi connectivity index (χ1) is 8.94. The van der Waals surface area contributed by atoms with E-state index in [0.29, 0.717) is 13.1 Å². The molecule has 108 valence electrons. The lowest BCUT2D eigenvalue weighted by molar-refractivity contribution is -0.0989. The fraction of sp³-hybridized carbons (Fsp3) is 0.500. The maximum Gasteiger partial charge on any atom is 0.446 e. The van der Waals surface area contributed by atoms with Crippen LogP contribution in [0.5, 0.6) is 0 Å². The van der Waals surface area contributed by atoms with Crippen molar-refractivity contribution in [2.45, 2.75) is 23.2 Å². The number of alkyl halides is 3. The van der Waals surface area contributed by atoms with Gasteiger partial charge in [-0.15, -0.1) is 0 Å². The number of ether oxygens (including phenoxy) is 2. The maximum absolute atomic E-state index is 12.1. The van der Waals surface area contributed by atoms with Crippen molar-refractivity contribution in [3.05, 3.63) is 29.8 Å². The molecule has 0 heterocycles. The van der Waals surface area contributed by atoms with Gasteiger partial charge in [-0.3, -0.25) is 0 Å². The van der Waals surface area contributed by atoms with E-state index in [2.05, 4.69) is 5.32 Å². The molecular weight excluding hydrogens is 279 g/mol. The Morgan fingerprint density at radius 1 is 1.16 bits per heavy atom. The largest absolute Gasteiger partial charge is 0.446 e. The van der Waals surface area contributed by atoms with E-state index in [1.54, 1.807) is 26.4 Å². The molecule has 1 rings (SSSR count). The summed E-state index contributed by atoms with van der Waals surface area (Å²) in [5, 5.41) is 3.09. The van der Waals surface area contributed by atoms with E-state index < -0.39 is 5.51 Å². The Bertz CT molecular complexity index is 366. The van der Waals surface area contributed by atoms with Crippen molar-refractivity contribution < 1.29 is 22.6 Å². The zero-order chi connectivity index (χ0) is 14.3. The Morgan fingerprint density at radius 2 is 1.74 bits per heavy atom. The first-order valence-electron chi connectivity index (χ1n) is 5.55. The molecule has 0 aliphatic heterocycles. The molecule has 0 aliphatic carbocycles. The number of hydrogen-bond donors (Lipinski definition) is 1. The molecule has 0 saturated heterocycles. The molecule has 0 atom stereocenters. The fourth-order valence-corrected chi connectivity index (χ4v) is 1.95. The van der Waals surface area contributed by atoms with E-state index in [9.17, 15) is 13.2 Å². The third-order valence-electron chi connectivity index (χ3n) is 2.32. The summed E-state index contributed by atoms with van der Waals surface area (Å²) >= 11 is -0.115. The van der Waals surface area contributed by atoms with Gasteiger partial charge in [-0.05, 0) is 29.5 Å². The molecule has 19 heavy (non-hydrogen) atoms. The van der Waals surface area contributed by atoms with Crippen molar-refractivity contribution >= 4 is 11.8 Å². The number of benzene rings is 1. The molecule has 3 nitrogen and oxygen atoms in total. The van der Waals surface area contributed by atoms with E-state index in [0.717, 1.165) is 5.56 Å². The molecule has 0 saturated carbocycles. The first-order valence-corrected chi connectivity index (χ1v) is 6.37. The Labute approximate surface area is 114 Å². The van der Waals surface area contributed by atoms with Crippen LogP contribution >= 0.6 is 11.8 Å². The Hall–Kier alpha value is -0.760. The molecule has 7 heteroatoms. The first kappa shape index (κ1) is 16.3. The normalized spacial score (nSPS) is 12.1. The Kier molecular flexibility index (Phi) is 6.64. The second-order valence-corrected chi connectivity index (χ2v) is 4.86. The predicted octanol–water partition coefficient (Wildman–Crippen LogP) is 3.01. The highest BCUT2D eigenvalue weighted by Gasteiger charge is 2.28. The summed E-state index contributed by atoms with van der Waals surface area (Å²) in [4.78, 5) is 0.183. The van der Waals surface area contributed by atoms with Gasteiger partial charge in [0.2, 0.25) is 0 Å². The van der Waals surface area contributed by atoms with Crippen LogP contribution in [-0.2, 0) is 16.0 Å². The summed E-state index contributed by atoms with van der Waals surface area (Å²) in [7, 11) is 3.08.